The highest BCUT2D eigenvalue weighted by Crippen LogP contribution is 2.40. The van der Waals surface area contributed by atoms with Gasteiger partial charge in [-0.05, 0) is 48.4 Å². The SMILES string of the molecule is Cc1cc(C(=O)NCCNCC(F)(F)F)c(/C=C2\C(=O)Nc3cccc(-c4cccc(F)c4)c32)[nH]1. The normalized spacial score (nSPS) is 14.2. The van der Waals surface area contributed by atoms with E-state index in [-0.39, 0.29) is 24.6 Å². The summed E-state index contributed by atoms with van der Waals surface area (Å²) in [6.07, 6.45) is -2.78. The van der Waals surface area contributed by atoms with Gasteiger partial charge in [-0.15, -0.1) is 0 Å². The second-order valence-corrected chi connectivity index (χ2v) is 8.08. The van der Waals surface area contributed by atoms with E-state index in [0.29, 0.717) is 39.3 Å². The third-order valence-electron chi connectivity index (χ3n) is 5.39. The van der Waals surface area contributed by atoms with Gasteiger partial charge >= 0.3 is 6.18 Å². The van der Waals surface area contributed by atoms with E-state index >= 15 is 0 Å². The number of hydrogen-bond donors (Lipinski definition) is 4. The number of nitrogens with one attached hydrogen (secondary N) is 4. The lowest BCUT2D eigenvalue weighted by Crippen LogP contribution is -2.36. The highest BCUT2D eigenvalue weighted by molar-refractivity contribution is 6.36. The minimum absolute atomic E-state index is 0.0117. The van der Waals surface area contributed by atoms with Gasteiger partial charge in [0, 0.05) is 30.0 Å². The van der Waals surface area contributed by atoms with E-state index in [0.717, 1.165) is 0 Å². The van der Waals surface area contributed by atoms with Crippen molar-refractivity contribution in [3.05, 3.63) is 76.9 Å². The van der Waals surface area contributed by atoms with Crippen LogP contribution in [0.15, 0.2) is 48.5 Å². The van der Waals surface area contributed by atoms with Gasteiger partial charge in [-0.3, -0.25) is 9.59 Å². The van der Waals surface area contributed by atoms with Crippen LogP contribution in [0.25, 0.3) is 22.8 Å². The molecule has 10 heteroatoms. The van der Waals surface area contributed by atoms with Gasteiger partial charge in [-0.1, -0.05) is 24.3 Å². The standard InChI is InChI=1S/C25H22F4N4O2/c1-14-10-18(23(34)31-9-8-30-13-25(27,28)29)21(32-14)12-19-22-17(15-4-2-5-16(26)11-15)6-3-7-20(22)33-24(19)35/h2-7,10-12,30,32H,8-9,13H2,1H3,(H,31,34)(H,33,35)/b19-12-. The predicted octanol–water partition coefficient (Wildman–Crippen LogP) is 4.50. The van der Waals surface area contributed by atoms with Crippen molar-refractivity contribution >= 4 is 29.2 Å². The molecule has 0 bridgehead atoms. The average molecular weight is 486 g/mol. The number of aromatic amines is 1. The molecule has 2 amide bonds. The summed E-state index contributed by atoms with van der Waals surface area (Å²) in [6, 6.07) is 12.9. The van der Waals surface area contributed by atoms with Crippen molar-refractivity contribution in [2.45, 2.75) is 13.1 Å². The van der Waals surface area contributed by atoms with Gasteiger partial charge < -0.3 is 20.9 Å². The topological polar surface area (TPSA) is 86.0 Å². The third kappa shape index (κ3) is 5.60. The molecule has 0 aliphatic carbocycles. The average Bonchev–Trinajstić information content (AvgIpc) is 3.31. The molecule has 4 rings (SSSR count). The lowest BCUT2D eigenvalue weighted by Gasteiger charge is -2.10. The minimum atomic E-state index is -4.33. The molecular weight excluding hydrogens is 464 g/mol. The summed E-state index contributed by atoms with van der Waals surface area (Å²) in [5.41, 5.74) is 3.96. The number of aromatic nitrogens is 1. The number of aryl methyl sites for hydroxylation is 1. The zero-order valence-corrected chi connectivity index (χ0v) is 18.6. The van der Waals surface area contributed by atoms with E-state index in [1.807, 2.05) is 0 Å². The summed E-state index contributed by atoms with van der Waals surface area (Å²) in [6.45, 7) is 0.524. The van der Waals surface area contributed by atoms with Crippen LogP contribution in [0.1, 0.15) is 27.3 Å². The van der Waals surface area contributed by atoms with Gasteiger partial charge in [0.1, 0.15) is 5.82 Å². The lowest BCUT2D eigenvalue weighted by molar-refractivity contribution is -0.124. The molecule has 6 nitrogen and oxygen atoms in total. The molecule has 0 saturated carbocycles. The number of H-pyrrole nitrogens is 1. The first-order chi connectivity index (χ1) is 16.6. The van der Waals surface area contributed by atoms with Crippen LogP contribution in [-0.4, -0.2) is 42.6 Å². The molecule has 1 aliphatic heterocycles. The van der Waals surface area contributed by atoms with Crippen LogP contribution in [0.5, 0.6) is 0 Å². The van der Waals surface area contributed by atoms with E-state index in [1.54, 1.807) is 49.4 Å². The zero-order chi connectivity index (χ0) is 25.2. The van der Waals surface area contributed by atoms with E-state index in [9.17, 15) is 27.2 Å². The van der Waals surface area contributed by atoms with Gasteiger partial charge in [0.2, 0.25) is 0 Å². The molecule has 0 radical (unpaired) electrons. The zero-order valence-electron chi connectivity index (χ0n) is 18.6. The fourth-order valence-corrected chi connectivity index (χ4v) is 3.93. The van der Waals surface area contributed by atoms with Gasteiger partial charge in [0.25, 0.3) is 11.8 Å². The Balaban J connectivity index is 1.61. The molecule has 0 spiro atoms. The van der Waals surface area contributed by atoms with Crippen molar-refractivity contribution in [2.24, 2.45) is 0 Å². The van der Waals surface area contributed by atoms with Crippen LogP contribution in [0.3, 0.4) is 0 Å². The van der Waals surface area contributed by atoms with Crippen LogP contribution in [0.2, 0.25) is 0 Å². The molecule has 1 aliphatic rings. The first-order valence-electron chi connectivity index (χ1n) is 10.8. The molecule has 0 fully saturated rings. The summed E-state index contributed by atoms with van der Waals surface area (Å²) in [4.78, 5) is 28.6. The molecular formula is C25H22F4N4O2. The van der Waals surface area contributed by atoms with Crippen molar-refractivity contribution in [1.82, 2.24) is 15.6 Å². The Morgan fingerprint density at radius 2 is 1.86 bits per heavy atom. The first kappa shape index (κ1) is 24.2. The monoisotopic (exact) mass is 486 g/mol. The first-order valence-corrected chi connectivity index (χ1v) is 10.8. The van der Waals surface area contributed by atoms with E-state index < -0.39 is 24.4 Å². The highest BCUT2D eigenvalue weighted by Gasteiger charge is 2.29. The Kier molecular flexibility index (Phi) is 6.74. The molecule has 0 atom stereocenters. The number of rotatable bonds is 7. The summed E-state index contributed by atoms with van der Waals surface area (Å²) in [5.74, 6) is -1.28. The number of halogens is 4. The Labute approximate surface area is 198 Å². The van der Waals surface area contributed by atoms with Gasteiger partial charge in [0.15, 0.2) is 0 Å². The molecule has 1 aromatic heterocycles. The molecule has 0 unspecified atom stereocenters. The number of carbonyl (C=O) groups is 2. The number of benzene rings is 2. The van der Waals surface area contributed by atoms with Crippen molar-refractivity contribution in [1.29, 1.82) is 0 Å². The number of hydrogen-bond acceptors (Lipinski definition) is 3. The summed E-state index contributed by atoms with van der Waals surface area (Å²) in [5, 5.41) is 7.58. The Bertz CT molecular complexity index is 1310. The molecule has 35 heavy (non-hydrogen) atoms. The number of anilines is 1. The summed E-state index contributed by atoms with van der Waals surface area (Å²) in [7, 11) is 0. The Morgan fingerprint density at radius 3 is 2.60 bits per heavy atom. The quantitative estimate of drug-likeness (QED) is 0.225. The van der Waals surface area contributed by atoms with Gasteiger partial charge in [0.05, 0.1) is 23.4 Å². The number of alkyl halides is 3. The Morgan fingerprint density at radius 1 is 1.09 bits per heavy atom. The molecule has 4 N–H and O–H groups in total. The van der Waals surface area contributed by atoms with E-state index in [4.69, 9.17) is 0 Å². The predicted molar refractivity (Wildman–Crippen MR) is 125 cm³/mol. The summed E-state index contributed by atoms with van der Waals surface area (Å²) < 4.78 is 50.6. The molecule has 0 saturated heterocycles. The second kappa shape index (κ2) is 9.75. The van der Waals surface area contributed by atoms with Crippen LogP contribution < -0.4 is 16.0 Å². The molecule has 3 aromatic rings. The number of carbonyl (C=O) groups excluding carboxylic acids is 2. The lowest BCUT2D eigenvalue weighted by atomic mass is 9.94. The van der Waals surface area contributed by atoms with Crippen LogP contribution in [-0.2, 0) is 4.79 Å². The Hall–Kier alpha value is -3.92. The fourth-order valence-electron chi connectivity index (χ4n) is 3.93. The van der Waals surface area contributed by atoms with Crippen LogP contribution in [0, 0.1) is 12.7 Å². The van der Waals surface area contributed by atoms with Crippen LogP contribution in [0.4, 0.5) is 23.2 Å². The molecule has 2 heterocycles. The maximum absolute atomic E-state index is 13.9. The molecule has 182 valence electrons. The van der Waals surface area contributed by atoms with Crippen LogP contribution >= 0.6 is 0 Å². The fraction of sp³-hybridized carbons (Fsp3) is 0.200. The van der Waals surface area contributed by atoms with E-state index in [1.165, 1.54) is 12.1 Å². The van der Waals surface area contributed by atoms with Gasteiger partial charge in [-0.25, -0.2) is 4.39 Å². The van der Waals surface area contributed by atoms with Crippen molar-refractivity contribution in [2.75, 3.05) is 25.0 Å². The van der Waals surface area contributed by atoms with Crippen molar-refractivity contribution in [3.8, 4) is 11.1 Å². The minimum Gasteiger partial charge on any atom is -0.358 e. The van der Waals surface area contributed by atoms with Gasteiger partial charge in [-0.2, -0.15) is 13.2 Å². The summed E-state index contributed by atoms with van der Waals surface area (Å²) >= 11 is 0. The highest BCUT2D eigenvalue weighted by atomic mass is 19.4. The third-order valence-corrected chi connectivity index (χ3v) is 5.39. The number of amides is 2. The smallest absolute Gasteiger partial charge is 0.358 e. The molecule has 2 aromatic carbocycles. The van der Waals surface area contributed by atoms with E-state index in [2.05, 4.69) is 20.9 Å². The largest absolute Gasteiger partial charge is 0.401 e. The second-order valence-electron chi connectivity index (χ2n) is 8.08. The van der Waals surface area contributed by atoms with Crippen molar-refractivity contribution < 1.29 is 27.2 Å². The maximum atomic E-state index is 13.9. The maximum Gasteiger partial charge on any atom is 0.401 e. The number of fused-ring (bicyclic) bond motifs is 1. The van der Waals surface area contributed by atoms with Crippen molar-refractivity contribution in [3.63, 3.8) is 0 Å².